The van der Waals surface area contributed by atoms with Gasteiger partial charge in [0.2, 0.25) is 5.91 Å². The molecule has 0 bridgehead atoms. The van der Waals surface area contributed by atoms with E-state index < -0.39 is 11.7 Å². The zero-order chi connectivity index (χ0) is 19.4. The number of aromatic hydroxyl groups is 1. The van der Waals surface area contributed by atoms with Crippen molar-refractivity contribution in [1.29, 1.82) is 0 Å². The Bertz CT molecular complexity index is 820. The van der Waals surface area contributed by atoms with Gasteiger partial charge in [-0.05, 0) is 60.2 Å². The van der Waals surface area contributed by atoms with Crippen LogP contribution in [0, 0.1) is 0 Å². The molecule has 27 heavy (non-hydrogen) atoms. The smallest absolute Gasteiger partial charge is 0.416 e. The fourth-order valence-electron chi connectivity index (χ4n) is 3.27. The summed E-state index contributed by atoms with van der Waals surface area (Å²) in [4.78, 5) is 14.0. The minimum absolute atomic E-state index is 0.198. The lowest BCUT2D eigenvalue weighted by molar-refractivity contribution is -0.137. The second-order valence-corrected chi connectivity index (χ2v) is 6.65. The van der Waals surface area contributed by atoms with Crippen LogP contribution in [0.3, 0.4) is 0 Å². The number of hydrogen-bond acceptors (Lipinski definition) is 2. The second-order valence-electron chi connectivity index (χ2n) is 6.65. The minimum Gasteiger partial charge on any atom is -0.508 e. The zero-order valence-electron chi connectivity index (χ0n) is 14.6. The maximum Gasteiger partial charge on any atom is 0.416 e. The molecule has 1 fully saturated rings. The Morgan fingerprint density at radius 2 is 1.74 bits per heavy atom. The highest BCUT2D eigenvalue weighted by atomic mass is 19.4. The molecule has 1 aliphatic rings. The maximum atomic E-state index is 12.7. The summed E-state index contributed by atoms with van der Waals surface area (Å²) >= 11 is 0. The van der Waals surface area contributed by atoms with Crippen LogP contribution in [0.2, 0.25) is 0 Å². The first-order valence-corrected chi connectivity index (χ1v) is 8.76. The van der Waals surface area contributed by atoms with Crippen molar-refractivity contribution in [2.45, 2.75) is 24.9 Å². The van der Waals surface area contributed by atoms with Gasteiger partial charge in [0.05, 0.1) is 5.56 Å². The quantitative estimate of drug-likeness (QED) is 0.781. The highest BCUT2D eigenvalue weighted by Gasteiger charge is 2.30. The van der Waals surface area contributed by atoms with Crippen LogP contribution >= 0.6 is 0 Å². The Hall–Kier alpha value is -2.76. The molecule has 0 atom stereocenters. The number of benzene rings is 2. The third kappa shape index (κ3) is 4.90. The second kappa shape index (κ2) is 7.86. The van der Waals surface area contributed by atoms with Crippen LogP contribution in [-0.2, 0) is 11.0 Å². The van der Waals surface area contributed by atoms with Crippen molar-refractivity contribution < 1.29 is 23.1 Å². The molecule has 2 aromatic rings. The summed E-state index contributed by atoms with van der Waals surface area (Å²) in [6.45, 7) is 1.19. The van der Waals surface area contributed by atoms with E-state index in [1.54, 1.807) is 17.0 Å². The summed E-state index contributed by atoms with van der Waals surface area (Å²) in [5.74, 6) is 0.366. The predicted molar refractivity (Wildman–Crippen MR) is 97.1 cm³/mol. The summed E-state index contributed by atoms with van der Waals surface area (Å²) in [6.07, 6.45) is -0.0220. The van der Waals surface area contributed by atoms with E-state index in [0.29, 0.717) is 24.6 Å². The number of likely N-dealkylation sites (tertiary alicyclic amines) is 1. The van der Waals surface area contributed by atoms with Crippen molar-refractivity contribution in [3.8, 4) is 5.75 Å². The molecule has 142 valence electrons. The first-order chi connectivity index (χ1) is 12.8. The van der Waals surface area contributed by atoms with E-state index in [-0.39, 0.29) is 11.7 Å². The highest BCUT2D eigenvalue weighted by Crippen LogP contribution is 2.30. The molecule has 3 rings (SSSR count). The number of hydrogen-bond donors (Lipinski definition) is 1. The van der Waals surface area contributed by atoms with E-state index in [1.165, 1.54) is 24.3 Å². The van der Waals surface area contributed by atoms with Gasteiger partial charge in [-0.3, -0.25) is 4.79 Å². The van der Waals surface area contributed by atoms with Gasteiger partial charge < -0.3 is 10.0 Å². The van der Waals surface area contributed by atoms with Crippen molar-refractivity contribution in [1.82, 2.24) is 4.90 Å². The molecule has 0 aromatic heterocycles. The molecule has 6 heteroatoms. The number of phenolic OH excluding ortho intramolecular Hbond substituents is 1. The largest absolute Gasteiger partial charge is 0.508 e. The summed E-state index contributed by atoms with van der Waals surface area (Å²) in [5, 5.41) is 9.36. The lowest BCUT2D eigenvalue weighted by Crippen LogP contribution is -2.36. The van der Waals surface area contributed by atoms with E-state index in [1.807, 2.05) is 12.1 Å². The monoisotopic (exact) mass is 375 g/mol. The topological polar surface area (TPSA) is 40.5 Å². The molecule has 1 saturated heterocycles. The zero-order valence-corrected chi connectivity index (χ0v) is 14.6. The number of phenols is 1. The Balaban J connectivity index is 1.58. The highest BCUT2D eigenvalue weighted by molar-refractivity contribution is 5.91. The number of amides is 1. The standard InChI is InChI=1S/C21H20F3NO2/c22-21(23,24)18-3-1-2-15(14-18)4-9-20(27)25-12-10-17(11-13-25)16-5-7-19(26)8-6-16/h1-9,14,17,26H,10-13H2/b9-4+. The first kappa shape index (κ1) is 19.0. The summed E-state index contributed by atoms with van der Waals surface area (Å²) in [6, 6.07) is 12.0. The molecule has 1 aliphatic heterocycles. The van der Waals surface area contributed by atoms with Crippen LogP contribution < -0.4 is 0 Å². The third-order valence-corrected chi connectivity index (χ3v) is 4.80. The number of halogens is 3. The molecule has 1 amide bonds. The molecule has 3 nitrogen and oxygen atoms in total. The minimum atomic E-state index is -4.40. The molecule has 0 unspecified atom stereocenters. The number of carbonyl (C=O) groups excluding carboxylic acids is 1. The maximum absolute atomic E-state index is 12.7. The number of rotatable bonds is 3. The Morgan fingerprint density at radius 3 is 2.37 bits per heavy atom. The number of piperidine rings is 1. The van der Waals surface area contributed by atoms with Gasteiger partial charge in [-0.2, -0.15) is 13.2 Å². The fourth-order valence-corrected chi connectivity index (χ4v) is 3.27. The summed E-state index contributed by atoms with van der Waals surface area (Å²) in [5.41, 5.74) is 0.753. The first-order valence-electron chi connectivity index (χ1n) is 8.76. The Kier molecular flexibility index (Phi) is 5.54. The molecule has 0 radical (unpaired) electrons. The molecular weight excluding hydrogens is 355 g/mol. The van der Waals surface area contributed by atoms with E-state index >= 15 is 0 Å². The van der Waals surface area contributed by atoms with E-state index in [4.69, 9.17) is 0 Å². The van der Waals surface area contributed by atoms with Gasteiger partial charge in [0.1, 0.15) is 5.75 Å². The molecule has 1 heterocycles. The van der Waals surface area contributed by atoms with Gasteiger partial charge in [-0.25, -0.2) is 0 Å². The molecule has 0 spiro atoms. The van der Waals surface area contributed by atoms with Crippen molar-refractivity contribution in [2.75, 3.05) is 13.1 Å². The average molecular weight is 375 g/mol. The number of alkyl halides is 3. The molecular formula is C21H20F3NO2. The van der Waals surface area contributed by atoms with Crippen LogP contribution in [0.15, 0.2) is 54.6 Å². The van der Waals surface area contributed by atoms with E-state index in [0.717, 1.165) is 30.5 Å². The normalized spacial score (nSPS) is 16.0. The third-order valence-electron chi connectivity index (χ3n) is 4.80. The number of carbonyl (C=O) groups is 1. The molecule has 0 aliphatic carbocycles. The van der Waals surface area contributed by atoms with Gasteiger partial charge >= 0.3 is 6.18 Å². The van der Waals surface area contributed by atoms with Crippen molar-refractivity contribution >= 4 is 12.0 Å². The van der Waals surface area contributed by atoms with Crippen LogP contribution in [0.4, 0.5) is 13.2 Å². The van der Waals surface area contributed by atoms with Crippen LogP contribution in [0.5, 0.6) is 5.75 Å². The van der Waals surface area contributed by atoms with Crippen LogP contribution in [0.1, 0.15) is 35.4 Å². The van der Waals surface area contributed by atoms with Crippen molar-refractivity contribution in [2.24, 2.45) is 0 Å². The lowest BCUT2D eigenvalue weighted by Gasteiger charge is -2.31. The number of nitrogens with zero attached hydrogens (tertiary/aromatic N) is 1. The molecule has 2 aromatic carbocycles. The fraction of sp³-hybridized carbons (Fsp3) is 0.286. The Labute approximate surface area is 155 Å². The van der Waals surface area contributed by atoms with Gasteiger partial charge in [0.25, 0.3) is 0 Å². The molecule has 1 N–H and O–H groups in total. The van der Waals surface area contributed by atoms with Crippen LogP contribution in [0.25, 0.3) is 6.08 Å². The van der Waals surface area contributed by atoms with E-state index in [9.17, 15) is 23.1 Å². The lowest BCUT2D eigenvalue weighted by atomic mass is 9.89. The van der Waals surface area contributed by atoms with Gasteiger partial charge in [0.15, 0.2) is 0 Å². The predicted octanol–water partition coefficient (Wildman–Crippen LogP) is 4.83. The average Bonchev–Trinajstić information content (AvgIpc) is 2.66. The summed E-state index contributed by atoms with van der Waals surface area (Å²) < 4.78 is 38.2. The summed E-state index contributed by atoms with van der Waals surface area (Å²) in [7, 11) is 0. The van der Waals surface area contributed by atoms with Gasteiger partial charge in [0, 0.05) is 19.2 Å². The van der Waals surface area contributed by atoms with Crippen molar-refractivity contribution in [3.63, 3.8) is 0 Å². The van der Waals surface area contributed by atoms with Crippen LogP contribution in [-0.4, -0.2) is 29.0 Å². The SMILES string of the molecule is O=C(/C=C/c1cccc(C(F)(F)F)c1)N1CCC(c2ccc(O)cc2)CC1. The Morgan fingerprint density at radius 1 is 1.07 bits per heavy atom. The molecule has 0 saturated carbocycles. The van der Waals surface area contributed by atoms with Crippen molar-refractivity contribution in [3.05, 3.63) is 71.3 Å². The van der Waals surface area contributed by atoms with Gasteiger partial charge in [-0.1, -0.05) is 24.3 Å². The van der Waals surface area contributed by atoms with E-state index in [2.05, 4.69) is 0 Å². The van der Waals surface area contributed by atoms with Gasteiger partial charge in [-0.15, -0.1) is 0 Å².